The lowest BCUT2D eigenvalue weighted by Gasteiger charge is -2.39. The second-order valence-electron chi connectivity index (χ2n) is 13.6. The van der Waals surface area contributed by atoms with Crippen molar-refractivity contribution < 1.29 is 43.0 Å². The van der Waals surface area contributed by atoms with Crippen LogP contribution in [0.1, 0.15) is 22.3 Å². The molecule has 5 aromatic rings. The van der Waals surface area contributed by atoms with Crippen molar-refractivity contribution in [2.24, 2.45) is 11.8 Å². The third-order valence-electron chi connectivity index (χ3n) is 11.4. The number of nitro benzene ring substituents is 1. The van der Waals surface area contributed by atoms with Crippen LogP contribution in [-0.4, -0.2) is 43.2 Å². The molecule has 1 saturated heterocycles. The van der Waals surface area contributed by atoms with E-state index in [1.807, 2.05) is 24.3 Å². The largest absolute Gasteiger partial charge is 0.496 e. The van der Waals surface area contributed by atoms with Crippen LogP contribution >= 0.6 is 0 Å². The quantitative estimate of drug-likeness (QED) is 0.108. The molecule has 0 unspecified atom stereocenters. The lowest BCUT2D eigenvalue weighted by atomic mass is 9.59. The molecule has 1 saturated carbocycles. The molecule has 266 valence electrons. The van der Waals surface area contributed by atoms with Crippen LogP contribution < -0.4 is 28.6 Å². The van der Waals surface area contributed by atoms with E-state index in [2.05, 4.69) is 0 Å². The monoisotopic (exact) mass is 720 g/mol. The minimum Gasteiger partial charge on any atom is -0.496 e. The van der Waals surface area contributed by atoms with Gasteiger partial charge in [0.1, 0.15) is 11.4 Å². The smallest absolute Gasteiger partial charge is 0.297 e. The molecule has 0 N–H and O–H groups in total. The molecule has 0 aromatic heterocycles. The van der Waals surface area contributed by atoms with Crippen molar-refractivity contribution >= 4 is 40.1 Å². The second kappa shape index (κ2) is 11.3. The molecule has 4 atom stereocenters. The molecule has 5 aromatic carbocycles. The number of amides is 2. The van der Waals surface area contributed by atoms with Gasteiger partial charge in [0.05, 0.1) is 40.8 Å². The number of benzene rings is 5. The number of rotatable bonds is 7. The SMILES string of the molecule is COc1ccc(N2C(=O)[C@H]3[C@H](C2=O)[C@@]2(c4ccccc4)C(=O)[C@@]3(c3ccccc3)C(c3ccc4c(c3)OCO4)=C2c2ccc3c(c2)OCO3)c([N+](=O)[O-])c1. The summed E-state index contributed by atoms with van der Waals surface area (Å²) in [6.07, 6.45) is 0. The average molecular weight is 721 g/mol. The van der Waals surface area contributed by atoms with E-state index in [0.717, 1.165) is 4.90 Å². The maximum absolute atomic E-state index is 16.3. The maximum atomic E-state index is 16.3. The number of Topliss-reactive ketones (excluding diaryl/α,β-unsaturated/α-hetero) is 1. The van der Waals surface area contributed by atoms with Gasteiger partial charge in [-0.25, -0.2) is 4.90 Å². The second-order valence-corrected chi connectivity index (χ2v) is 13.6. The molecular weight excluding hydrogens is 692 g/mol. The molecular formula is C42H28N2O10. The van der Waals surface area contributed by atoms with Crippen molar-refractivity contribution in [1.82, 2.24) is 0 Å². The Labute approximate surface area is 307 Å². The average Bonchev–Trinajstić information content (AvgIpc) is 4.01. The van der Waals surface area contributed by atoms with Crippen LogP contribution in [0.3, 0.4) is 0 Å². The molecule has 5 aliphatic rings. The van der Waals surface area contributed by atoms with Gasteiger partial charge in [0, 0.05) is 0 Å². The van der Waals surface area contributed by atoms with Crippen LogP contribution in [0, 0.1) is 22.0 Å². The third-order valence-corrected chi connectivity index (χ3v) is 11.4. The number of allylic oxidation sites excluding steroid dienone is 2. The summed E-state index contributed by atoms with van der Waals surface area (Å²) in [5.41, 5.74) is -1.05. The lowest BCUT2D eigenvalue weighted by Crippen LogP contribution is -2.45. The van der Waals surface area contributed by atoms with Gasteiger partial charge < -0.3 is 23.7 Å². The molecule has 12 heteroatoms. The van der Waals surface area contributed by atoms with Crippen molar-refractivity contribution in [3.8, 4) is 28.7 Å². The van der Waals surface area contributed by atoms with Gasteiger partial charge in [-0.3, -0.25) is 24.5 Å². The minimum atomic E-state index is -1.76. The molecule has 2 bridgehead atoms. The lowest BCUT2D eigenvalue weighted by molar-refractivity contribution is -0.384. The Morgan fingerprint density at radius 3 is 1.59 bits per heavy atom. The number of fused-ring (bicyclic) bond motifs is 7. The van der Waals surface area contributed by atoms with Crippen LogP contribution in [0.5, 0.6) is 28.7 Å². The van der Waals surface area contributed by atoms with Crippen molar-refractivity contribution in [3.63, 3.8) is 0 Å². The summed E-state index contributed by atoms with van der Waals surface area (Å²) in [7, 11) is 1.37. The van der Waals surface area contributed by atoms with Gasteiger partial charge in [0.15, 0.2) is 28.8 Å². The first-order valence-electron chi connectivity index (χ1n) is 17.2. The van der Waals surface area contributed by atoms with E-state index >= 15 is 14.4 Å². The normalized spacial score (nSPS) is 24.4. The Morgan fingerprint density at radius 1 is 0.648 bits per heavy atom. The Morgan fingerprint density at radius 2 is 1.13 bits per heavy atom. The number of nitro groups is 1. The van der Waals surface area contributed by atoms with E-state index in [1.54, 1.807) is 72.8 Å². The number of ether oxygens (including phenoxy) is 5. The maximum Gasteiger partial charge on any atom is 0.297 e. The first kappa shape index (κ1) is 31.8. The number of carbonyl (C=O) groups is 3. The van der Waals surface area contributed by atoms with E-state index in [4.69, 9.17) is 23.7 Å². The van der Waals surface area contributed by atoms with Crippen molar-refractivity contribution in [1.29, 1.82) is 0 Å². The molecule has 12 nitrogen and oxygen atoms in total. The van der Waals surface area contributed by atoms with Gasteiger partial charge >= 0.3 is 0 Å². The van der Waals surface area contributed by atoms with E-state index in [9.17, 15) is 10.1 Å². The van der Waals surface area contributed by atoms with Gasteiger partial charge in [-0.2, -0.15) is 0 Å². The Bertz CT molecular complexity index is 2380. The minimum absolute atomic E-state index is 0.0108. The molecule has 0 spiro atoms. The fourth-order valence-electron chi connectivity index (χ4n) is 9.43. The summed E-state index contributed by atoms with van der Waals surface area (Å²) in [5.74, 6) is -2.28. The molecule has 2 amide bonds. The zero-order valence-electron chi connectivity index (χ0n) is 28.5. The first-order valence-corrected chi connectivity index (χ1v) is 17.2. The van der Waals surface area contributed by atoms with E-state index < -0.39 is 45.1 Å². The summed E-state index contributed by atoms with van der Waals surface area (Å²) in [6.45, 7) is 0.0215. The van der Waals surface area contributed by atoms with E-state index in [-0.39, 0.29) is 30.8 Å². The summed E-state index contributed by atoms with van der Waals surface area (Å²) in [6, 6.07) is 32.7. The van der Waals surface area contributed by atoms with Crippen LogP contribution in [0.4, 0.5) is 11.4 Å². The molecule has 3 aliphatic heterocycles. The number of imide groups is 1. The van der Waals surface area contributed by atoms with Crippen molar-refractivity contribution in [2.75, 3.05) is 25.6 Å². The number of hydrogen-bond acceptors (Lipinski definition) is 10. The first-order chi connectivity index (χ1) is 26.3. The van der Waals surface area contributed by atoms with Crippen LogP contribution in [0.2, 0.25) is 0 Å². The highest BCUT2D eigenvalue weighted by molar-refractivity contribution is 6.39. The zero-order valence-corrected chi connectivity index (χ0v) is 28.5. The molecule has 3 heterocycles. The molecule has 0 radical (unpaired) electrons. The summed E-state index contributed by atoms with van der Waals surface area (Å²) in [5, 5.41) is 12.5. The van der Waals surface area contributed by atoms with Gasteiger partial charge in [-0.15, -0.1) is 0 Å². The zero-order chi connectivity index (χ0) is 36.9. The third kappa shape index (κ3) is 3.88. The molecule has 2 fully saturated rings. The fourth-order valence-corrected chi connectivity index (χ4v) is 9.43. The highest BCUT2D eigenvalue weighted by Gasteiger charge is 2.83. The predicted octanol–water partition coefficient (Wildman–Crippen LogP) is 6.25. The number of anilines is 1. The van der Waals surface area contributed by atoms with Crippen molar-refractivity contribution in [2.45, 2.75) is 10.8 Å². The van der Waals surface area contributed by atoms with Gasteiger partial charge in [-0.1, -0.05) is 72.8 Å². The van der Waals surface area contributed by atoms with Crippen LogP contribution in [-0.2, 0) is 25.2 Å². The summed E-state index contributed by atoms with van der Waals surface area (Å²) >= 11 is 0. The summed E-state index contributed by atoms with van der Waals surface area (Å²) < 4.78 is 28.3. The van der Waals surface area contributed by atoms with E-state index in [1.165, 1.54) is 25.3 Å². The highest BCUT2D eigenvalue weighted by atomic mass is 16.7. The molecule has 2 aliphatic carbocycles. The summed E-state index contributed by atoms with van der Waals surface area (Å²) in [4.78, 5) is 59.8. The van der Waals surface area contributed by atoms with Gasteiger partial charge in [0.25, 0.3) is 5.69 Å². The number of hydrogen-bond donors (Lipinski definition) is 0. The Balaban J connectivity index is 1.35. The number of ketones is 1. The number of nitrogens with zero attached hydrogens (tertiary/aromatic N) is 2. The topological polar surface area (TPSA) is 144 Å². The predicted molar refractivity (Wildman–Crippen MR) is 192 cm³/mol. The Kier molecular flexibility index (Phi) is 6.63. The Hall–Kier alpha value is -6.95. The van der Waals surface area contributed by atoms with E-state index in [0.29, 0.717) is 56.4 Å². The number of carbonyl (C=O) groups excluding carboxylic acids is 3. The van der Waals surface area contributed by atoms with Crippen molar-refractivity contribution in [3.05, 3.63) is 148 Å². The molecule has 54 heavy (non-hydrogen) atoms. The fraction of sp³-hybridized carbons (Fsp3) is 0.167. The van der Waals surface area contributed by atoms with Gasteiger partial charge in [-0.05, 0) is 69.8 Å². The van der Waals surface area contributed by atoms with Crippen LogP contribution in [0.15, 0.2) is 115 Å². The highest BCUT2D eigenvalue weighted by Crippen LogP contribution is 2.75. The molecule has 10 rings (SSSR count). The van der Waals surface area contributed by atoms with Crippen LogP contribution in [0.25, 0.3) is 11.1 Å². The standard InChI is InChI=1S/C42H28N2O10/c1-50-27-14-15-28(29(20-27)44(48)49)43-38(45)36-37(39(43)46)42(26-10-6-3-7-11-26)35(24-13-17-31-33(19-24)54-22-52-31)34(23-12-16-30-32(18-23)53-21-51-30)41(36,40(42)47)25-8-4-2-5-9-25/h2-20,36-37H,21-22H2,1H3/t36-,37-,41+,42+/m1/s1. The van der Waals surface area contributed by atoms with Gasteiger partial charge in [0.2, 0.25) is 25.4 Å². The number of methoxy groups -OCH3 is 1.